The third-order valence-corrected chi connectivity index (χ3v) is 4.29. The number of nitrogens with zero attached hydrogens (tertiary/aromatic N) is 4. The van der Waals surface area contributed by atoms with E-state index in [1.807, 2.05) is 11.0 Å². The number of hydrogen-bond acceptors (Lipinski definition) is 6. The van der Waals surface area contributed by atoms with Gasteiger partial charge in [0.05, 0.1) is 18.6 Å². The summed E-state index contributed by atoms with van der Waals surface area (Å²) in [5.41, 5.74) is -0.690. The van der Waals surface area contributed by atoms with Crippen molar-refractivity contribution in [2.24, 2.45) is 5.41 Å². The highest BCUT2D eigenvalue weighted by Gasteiger charge is 2.41. The first kappa shape index (κ1) is 14.1. The van der Waals surface area contributed by atoms with E-state index in [2.05, 4.69) is 14.9 Å². The maximum atomic E-state index is 11.3. The lowest BCUT2D eigenvalue weighted by atomic mass is 9.90. The van der Waals surface area contributed by atoms with Crippen LogP contribution in [-0.2, 0) is 9.53 Å². The maximum Gasteiger partial charge on any atom is 0.311 e. The summed E-state index contributed by atoms with van der Waals surface area (Å²) >= 11 is 0. The average molecular weight is 292 g/mol. The fourth-order valence-electron chi connectivity index (χ4n) is 2.81. The molecule has 1 atom stereocenters. The normalized spacial score (nSPS) is 26.1. The minimum atomic E-state index is -0.743. The van der Waals surface area contributed by atoms with Gasteiger partial charge in [0.25, 0.3) is 0 Å². The molecule has 7 nitrogen and oxygen atoms in total. The zero-order chi connectivity index (χ0) is 14.9. The van der Waals surface area contributed by atoms with Crippen molar-refractivity contribution in [2.45, 2.75) is 13.3 Å². The Labute approximate surface area is 123 Å². The highest BCUT2D eigenvalue weighted by atomic mass is 16.5. The van der Waals surface area contributed by atoms with Gasteiger partial charge in [0.1, 0.15) is 18.0 Å². The number of rotatable bonds is 3. The number of hydrogen-bond donors (Lipinski definition) is 1. The van der Waals surface area contributed by atoms with Crippen molar-refractivity contribution >= 4 is 17.6 Å². The lowest BCUT2D eigenvalue weighted by molar-refractivity contribution is -0.146. The molecule has 114 valence electrons. The van der Waals surface area contributed by atoms with Crippen LogP contribution in [0, 0.1) is 5.41 Å². The molecule has 0 bridgehead atoms. The second-order valence-corrected chi connectivity index (χ2v) is 5.87. The van der Waals surface area contributed by atoms with Crippen LogP contribution >= 0.6 is 0 Å². The minimum absolute atomic E-state index is 0.488. The summed E-state index contributed by atoms with van der Waals surface area (Å²) in [6, 6.07) is 1.94. The summed E-state index contributed by atoms with van der Waals surface area (Å²) < 4.78 is 5.34. The molecule has 2 aliphatic heterocycles. The molecule has 2 saturated heterocycles. The maximum absolute atomic E-state index is 11.3. The number of ether oxygens (including phenoxy) is 1. The molecule has 0 aliphatic carbocycles. The first-order valence-electron chi connectivity index (χ1n) is 7.22. The van der Waals surface area contributed by atoms with Gasteiger partial charge in [-0.05, 0) is 13.3 Å². The average Bonchev–Trinajstić information content (AvgIpc) is 2.92. The highest BCUT2D eigenvalue weighted by Crippen LogP contribution is 2.33. The Morgan fingerprint density at radius 2 is 1.90 bits per heavy atom. The van der Waals surface area contributed by atoms with Gasteiger partial charge in [-0.3, -0.25) is 4.79 Å². The molecular weight excluding hydrogens is 272 g/mol. The molecule has 0 aromatic carbocycles. The van der Waals surface area contributed by atoms with Gasteiger partial charge in [-0.15, -0.1) is 0 Å². The predicted octanol–water partition coefficient (Wildman–Crippen LogP) is 0.614. The smallest absolute Gasteiger partial charge is 0.311 e. The number of aromatic nitrogens is 2. The van der Waals surface area contributed by atoms with Gasteiger partial charge < -0.3 is 19.6 Å². The monoisotopic (exact) mass is 292 g/mol. The first-order valence-corrected chi connectivity index (χ1v) is 7.22. The van der Waals surface area contributed by atoms with Crippen LogP contribution in [0.15, 0.2) is 12.4 Å². The van der Waals surface area contributed by atoms with Crippen LogP contribution in [0.5, 0.6) is 0 Å². The van der Waals surface area contributed by atoms with Gasteiger partial charge >= 0.3 is 5.97 Å². The molecule has 0 radical (unpaired) electrons. The number of morpholine rings is 1. The predicted molar refractivity (Wildman–Crippen MR) is 77.6 cm³/mol. The number of carboxylic acids is 1. The number of carboxylic acid groups (broad SMARTS) is 1. The zero-order valence-corrected chi connectivity index (χ0v) is 12.2. The summed E-state index contributed by atoms with van der Waals surface area (Å²) in [7, 11) is 0. The molecule has 0 amide bonds. The van der Waals surface area contributed by atoms with Crippen molar-refractivity contribution in [2.75, 3.05) is 49.2 Å². The summed E-state index contributed by atoms with van der Waals surface area (Å²) in [5, 5.41) is 9.31. The van der Waals surface area contributed by atoms with Crippen molar-refractivity contribution in [3.63, 3.8) is 0 Å². The molecule has 2 fully saturated rings. The number of aliphatic carboxylic acids is 1. The van der Waals surface area contributed by atoms with Crippen molar-refractivity contribution in [1.82, 2.24) is 9.97 Å². The largest absolute Gasteiger partial charge is 0.481 e. The van der Waals surface area contributed by atoms with Crippen molar-refractivity contribution in [1.29, 1.82) is 0 Å². The van der Waals surface area contributed by atoms with Crippen molar-refractivity contribution < 1.29 is 14.6 Å². The Bertz CT molecular complexity index is 533. The molecule has 1 aromatic heterocycles. The highest BCUT2D eigenvalue weighted by molar-refractivity contribution is 5.76. The van der Waals surface area contributed by atoms with Crippen LogP contribution < -0.4 is 9.80 Å². The van der Waals surface area contributed by atoms with Gasteiger partial charge in [-0.25, -0.2) is 9.97 Å². The van der Waals surface area contributed by atoms with Crippen LogP contribution in [0.4, 0.5) is 11.6 Å². The van der Waals surface area contributed by atoms with E-state index in [1.165, 1.54) is 0 Å². The van der Waals surface area contributed by atoms with Gasteiger partial charge in [0, 0.05) is 32.2 Å². The van der Waals surface area contributed by atoms with E-state index < -0.39 is 11.4 Å². The Balaban J connectivity index is 1.76. The van der Waals surface area contributed by atoms with Gasteiger partial charge in [-0.1, -0.05) is 0 Å². The molecule has 1 aromatic rings. The summed E-state index contributed by atoms with van der Waals surface area (Å²) in [6.45, 7) is 6.05. The van der Waals surface area contributed by atoms with E-state index in [1.54, 1.807) is 13.3 Å². The Hall–Kier alpha value is -1.89. The molecule has 1 N–H and O–H groups in total. The lowest BCUT2D eigenvalue weighted by Crippen LogP contribution is -2.37. The van der Waals surface area contributed by atoms with E-state index in [0.29, 0.717) is 32.7 Å². The molecule has 1 unspecified atom stereocenters. The number of carbonyl (C=O) groups is 1. The lowest BCUT2D eigenvalue weighted by Gasteiger charge is -2.28. The third kappa shape index (κ3) is 2.78. The fourth-order valence-corrected chi connectivity index (χ4v) is 2.81. The van der Waals surface area contributed by atoms with Crippen LogP contribution in [0.3, 0.4) is 0 Å². The zero-order valence-electron chi connectivity index (χ0n) is 12.2. The SMILES string of the molecule is CC1(C(=O)O)CCN(c2cc(N3CCOCC3)ncn2)C1. The second kappa shape index (κ2) is 5.48. The first-order chi connectivity index (χ1) is 10.1. The Kier molecular flexibility index (Phi) is 3.67. The standard InChI is InChI=1S/C14H20N4O3/c1-14(13(19)20)2-3-18(9-14)12-8-11(15-10-16-12)17-4-6-21-7-5-17/h8,10H,2-7,9H2,1H3,(H,19,20). The van der Waals surface area contributed by atoms with Crippen LogP contribution in [-0.4, -0.2) is 60.4 Å². The van der Waals surface area contributed by atoms with Crippen LogP contribution in [0.2, 0.25) is 0 Å². The quantitative estimate of drug-likeness (QED) is 0.874. The molecule has 0 spiro atoms. The van der Waals surface area contributed by atoms with E-state index in [-0.39, 0.29) is 0 Å². The van der Waals surface area contributed by atoms with E-state index >= 15 is 0 Å². The van der Waals surface area contributed by atoms with E-state index in [0.717, 1.165) is 24.7 Å². The fraction of sp³-hybridized carbons (Fsp3) is 0.643. The Morgan fingerprint density at radius 1 is 1.24 bits per heavy atom. The molecule has 3 heterocycles. The molecule has 21 heavy (non-hydrogen) atoms. The third-order valence-electron chi connectivity index (χ3n) is 4.29. The molecule has 2 aliphatic rings. The van der Waals surface area contributed by atoms with Crippen LogP contribution in [0.1, 0.15) is 13.3 Å². The van der Waals surface area contributed by atoms with Crippen molar-refractivity contribution in [3.8, 4) is 0 Å². The summed E-state index contributed by atoms with van der Waals surface area (Å²) in [4.78, 5) is 24.2. The topological polar surface area (TPSA) is 78.8 Å². The second-order valence-electron chi connectivity index (χ2n) is 5.87. The Morgan fingerprint density at radius 3 is 2.52 bits per heavy atom. The van der Waals surface area contributed by atoms with Gasteiger partial charge in [0.15, 0.2) is 0 Å². The molecular formula is C14H20N4O3. The van der Waals surface area contributed by atoms with Gasteiger partial charge in [0.2, 0.25) is 0 Å². The van der Waals surface area contributed by atoms with Crippen LogP contribution in [0.25, 0.3) is 0 Å². The molecule has 3 rings (SSSR count). The van der Waals surface area contributed by atoms with Crippen molar-refractivity contribution in [3.05, 3.63) is 12.4 Å². The summed E-state index contributed by atoms with van der Waals surface area (Å²) in [5.74, 6) is 0.941. The van der Waals surface area contributed by atoms with Gasteiger partial charge in [-0.2, -0.15) is 0 Å². The van der Waals surface area contributed by atoms with E-state index in [9.17, 15) is 9.90 Å². The van der Waals surface area contributed by atoms with E-state index in [4.69, 9.17) is 4.74 Å². The summed E-state index contributed by atoms with van der Waals surface area (Å²) in [6.07, 6.45) is 2.19. The number of anilines is 2. The molecule has 0 saturated carbocycles. The minimum Gasteiger partial charge on any atom is -0.481 e. The molecule has 7 heteroatoms.